The Labute approximate surface area is 111 Å². The zero-order chi connectivity index (χ0) is 13.0. The molecule has 0 saturated carbocycles. The number of piperidine rings is 1. The number of thiazole rings is 1. The van der Waals surface area contributed by atoms with Crippen LogP contribution in [0.5, 0.6) is 0 Å². The molecule has 0 aromatic carbocycles. The molecule has 0 unspecified atom stereocenters. The predicted molar refractivity (Wildman–Crippen MR) is 71.5 cm³/mol. The van der Waals surface area contributed by atoms with Crippen molar-refractivity contribution in [3.8, 4) is 0 Å². The maximum Gasteiger partial charge on any atom is 0.228 e. The van der Waals surface area contributed by atoms with E-state index in [1.165, 1.54) is 11.3 Å². The Balaban J connectivity index is 1.80. The van der Waals surface area contributed by atoms with Crippen LogP contribution in [0.25, 0.3) is 0 Å². The van der Waals surface area contributed by atoms with Crippen molar-refractivity contribution < 1.29 is 9.53 Å². The van der Waals surface area contributed by atoms with Gasteiger partial charge in [0.25, 0.3) is 0 Å². The summed E-state index contributed by atoms with van der Waals surface area (Å²) in [6.07, 6.45) is 2.53. The Morgan fingerprint density at radius 3 is 2.89 bits per heavy atom. The van der Waals surface area contributed by atoms with E-state index in [0.717, 1.165) is 38.2 Å². The largest absolute Gasteiger partial charge is 0.378 e. The molecule has 0 radical (unpaired) electrons. The lowest BCUT2D eigenvalue weighted by Crippen LogP contribution is -2.41. The average Bonchev–Trinajstić information content (AvgIpc) is 2.76. The smallest absolute Gasteiger partial charge is 0.228 e. The molecule has 2 heterocycles. The first-order valence-electron chi connectivity index (χ1n) is 6.28. The third-order valence-corrected chi connectivity index (χ3v) is 3.82. The van der Waals surface area contributed by atoms with E-state index in [1.807, 2.05) is 17.2 Å². The average molecular weight is 269 g/mol. The van der Waals surface area contributed by atoms with Gasteiger partial charge in [-0.25, -0.2) is 4.98 Å². The van der Waals surface area contributed by atoms with Gasteiger partial charge >= 0.3 is 0 Å². The molecule has 1 fully saturated rings. The van der Waals surface area contributed by atoms with Gasteiger partial charge in [0.1, 0.15) is 0 Å². The van der Waals surface area contributed by atoms with E-state index in [-0.39, 0.29) is 5.91 Å². The van der Waals surface area contributed by atoms with Gasteiger partial charge in [0.15, 0.2) is 5.13 Å². The third kappa shape index (κ3) is 3.43. The quantitative estimate of drug-likeness (QED) is 0.894. The standard InChI is InChI=1S/C12H19N3O2S/c1-2-17-10-3-5-15(6-4-10)11(16)7-9-8-18-12(13)14-9/h8,10H,2-7H2,1H3,(H2,13,14). The summed E-state index contributed by atoms with van der Waals surface area (Å²) in [6, 6.07) is 0. The maximum atomic E-state index is 12.1. The second kappa shape index (κ2) is 6.15. The molecule has 5 nitrogen and oxygen atoms in total. The number of amides is 1. The summed E-state index contributed by atoms with van der Waals surface area (Å²) >= 11 is 1.38. The highest BCUT2D eigenvalue weighted by molar-refractivity contribution is 7.13. The second-order valence-corrected chi connectivity index (χ2v) is 5.28. The maximum absolute atomic E-state index is 12.1. The summed E-state index contributed by atoms with van der Waals surface area (Å²) in [4.78, 5) is 18.1. The van der Waals surface area contributed by atoms with Crippen molar-refractivity contribution in [1.82, 2.24) is 9.88 Å². The minimum atomic E-state index is 0.134. The van der Waals surface area contributed by atoms with Crippen molar-refractivity contribution in [3.05, 3.63) is 11.1 Å². The Morgan fingerprint density at radius 1 is 1.61 bits per heavy atom. The Hall–Kier alpha value is -1.14. The van der Waals surface area contributed by atoms with Crippen LogP contribution in [0.2, 0.25) is 0 Å². The van der Waals surface area contributed by atoms with Gasteiger partial charge in [0.05, 0.1) is 18.2 Å². The van der Waals surface area contributed by atoms with Gasteiger partial charge in [-0.3, -0.25) is 4.79 Å². The van der Waals surface area contributed by atoms with E-state index in [4.69, 9.17) is 10.5 Å². The molecule has 18 heavy (non-hydrogen) atoms. The van der Waals surface area contributed by atoms with Crippen molar-refractivity contribution in [2.75, 3.05) is 25.4 Å². The van der Waals surface area contributed by atoms with Gasteiger partial charge in [-0.05, 0) is 19.8 Å². The summed E-state index contributed by atoms with van der Waals surface area (Å²) in [5, 5.41) is 2.37. The Bertz CT molecular complexity index is 400. The van der Waals surface area contributed by atoms with Crippen LogP contribution in [-0.4, -0.2) is 41.6 Å². The van der Waals surface area contributed by atoms with E-state index >= 15 is 0 Å². The molecule has 1 aromatic heterocycles. The number of hydrogen-bond donors (Lipinski definition) is 1. The van der Waals surface area contributed by atoms with E-state index < -0.39 is 0 Å². The molecular weight excluding hydrogens is 250 g/mol. The number of rotatable bonds is 4. The number of likely N-dealkylation sites (tertiary alicyclic amines) is 1. The summed E-state index contributed by atoms with van der Waals surface area (Å²) in [7, 11) is 0. The molecule has 0 bridgehead atoms. The van der Waals surface area contributed by atoms with Gasteiger partial charge in [0.2, 0.25) is 5.91 Å². The molecule has 2 N–H and O–H groups in total. The number of anilines is 1. The van der Waals surface area contributed by atoms with Crippen molar-refractivity contribution in [1.29, 1.82) is 0 Å². The fourth-order valence-electron chi connectivity index (χ4n) is 2.18. The lowest BCUT2D eigenvalue weighted by molar-refractivity contribution is -0.133. The molecule has 0 aliphatic carbocycles. The van der Waals surface area contributed by atoms with E-state index in [9.17, 15) is 4.79 Å². The zero-order valence-electron chi connectivity index (χ0n) is 10.6. The van der Waals surface area contributed by atoms with Gasteiger partial charge in [0, 0.05) is 25.1 Å². The highest BCUT2D eigenvalue weighted by Gasteiger charge is 2.23. The van der Waals surface area contributed by atoms with E-state index in [0.29, 0.717) is 17.7 Å². The zero-order valence-corrected chi connectivity index (χ0v) is 11.4. The molecule has 2 rings (SSSR count). The summed E-state index contributed by atoms with van der Waals surface area (Å²) in [6.45, 7) is 4.31. The molecule has 1 amide bonds. The van der Waals surface area contributed by atoms with Crippen LogP contribution in [0, 0.1) is 0 Å². The number of carbonyl (C=O) groups excluding carboxylic acids is 1. The van der Waals surface area contributed by atoms with E-state index in [1.54, 1.807) is 0 Å². The number of ether oxygens (including phenoxy) is 1. The van der Waals surface area contributed by atoms with Crippen molar-refractivity contribution in [3.63, 3.8) is 0 Å². The number of carbonyl (C=O) groups is 1. The van der Waals surface area contributed by atoms with Crippen LogP contribution < -0.4 is 5.73 Å². The summed E-state index contributed by atoms with van der Waals surface area (Å²) < 4.78 is 5.57. The van der Waals surface area contributed by atoms with Crippen LogP contribution in [0.1, 0.15) is 25.5 Å². The lowest BCUT2D eigenvalue weighted by atomic mass is 10.1. The molecule has 1 aliphatic heterocycles. The first kappa shape index (κ1) is 13.3. The minimum Gasteiger partial charge on any atom is -0.378 e. The molecule has 1 saturated heterocycles. The molecule has 1 aromatic rings. The first-order chi connectivity index (χ1) is 8.69. The third-order valence-electron chi connectivity index (χ3n) is 3.10. The number of nitrogens with two attached hydrogens (primary N) is 1. The fraction of sp³-hybridized carbons (Fsp3) is 0.667. The van der Waals surface area contributed by atoms with Crippen LogP contribution in [-0.2, 0) is 16.0 Å². The fourth-order valence-corrected chi connectivity index (χ4v) is 2.74. The summed E-state index contributed by atoms with van der Waals surface area (Å²) in [5.74, 6) is 0.134. The van der Waals surface area contributed by atoms with Crippen LogP contribution in [0.4, 0.5) is 5.13 Å². The van der Waals surface area contributed by atoms with Gasteiger partial charge in [-0.2, -0.15) is 0 Å². The molecule has 100 valence electrons. The van der Waals surface area contributed by atoms with Crippen molar-refractivity contribution in [2.24, 2.45) is 0 Å². The molecule has 6 heteroatoms. The highest BCUT2D eigenvalue weighted by atomic mass is 32.1. The second-order valence-electron chi connectivity index (χ2n) is 4.39. The number of nitrogen functional groups attached to an aromatic ring is 1. The van der Waals surface area contributed by atoms with Crippen LogP contribution >= 0.6 is 11.3 Å². The SMILES string of the molecule is CCOC1CCN(C(=O)Cc2csc(N)n2)CC1. The number of aromatic nitrogens is 1. The molecule has 0 atom stereocenters. The monoisotopic (exact) mass is 269 g/mol. The first-order valence-corrected chi connectivity index (χ1v) is 7.16. The van der Waals surface area contributed by atoms with E-state index in [2.05, 4.69) is 4.98 Å². The van der Waals surface area contributed by atoms with Gasteiger partial charge in [-0.15, -0.1) is 11.3 Å². The summed E-state index contributed by atoms with van der Waals surface area (Å²) in [5.41, 5.74) is 6.32. The topological polar surface area (TPSA) is 68.5 Å². The van der Waals surface area contributed by atoms with Gasteiger partial charge in [-0.1, -0.05) is 0 Å². The number of nitrogens with zero attached hydrogens (tertiary/aromatic N) is 2. The predicted octanol–water partition coefficient (Wildman–Crippen LogP) is 1.30. The molecule has 1 aliphatic rings. The van der Waals surface area contributed by atoms with Crippen LogP contribution in [0.15, 0.2) is 5.38 Å². The van der Waals surface area contributed by atoms with Crippen molar-refractivity contribution >= 4 is 22.4 Å². The lowest BCUT2D eigenvalue weighted by Gasteiger charge is -2.31. The normalized spacial score (nSPS) is 17.1. The molecular formula is C12H19N3O2S. The van der Waals surface area contributed by atoms with Gasteiger partial charge < -0.3 is 15.4 Å². The van der Waals surface area contributed by atoms with Crippen molar-refractivity contribution in [2.45, 2.75) is 32.3 Å². The minimum absolute atomic E-state index is 0.134. The molecule has 0 spiro atoms. The number of hydrogen-bond acceptors (Lipinski definition) is 5. The van der Waals surface area contributed by atoms with Crippen LogP contribution in [0.3, 0.4) is 0 Å². The Morgan fingerprint density at radius 2 is 2.33 bits per heavy atom. The Kier molecular flexibility index (Phi) is 4.54. The highest BCUT2D eigenvalue weighted by Crippen LogP contribution is 2.16.